The third kappa shape index (κ3) is 2.40. The summed E-state index contributed by atoms with van der Waals surface area (Å²) in [4.78, 5) is 1.20. The van der Waals surface area contributed by atoms with E-state index in [4.69, 9.17) is 0 Å². The predicted molar refractivity (Wildman–Crippen MR) is 62.7 cm³/mol. The van der Waals surface area contributed by atoms with Crippen molar-refractivity contribution in [3.05, 3.63) is 35.2 Å². The molecule has 0 aliphatic carbocycles. The first-order valence-corrected chi connectivity index (χ1v) is 5.76. The Hall–Kier alpha value is -1.26. The van der Waals surface area contributed by atoms with Gasteiger partial charge in [0, 0.05) is 12.1 Å². The minimum Gasteiger partial charge on any atom is -0.312 e. The van der Waals surface area contributed by atoms with Gasteiger partial charge >= 0.3 is 0 Å². The van der Waals surface area contributed by atoms with Crippen LogP contribution in [0.3, 0.4) is 0 Å². The highest BCUT2D eigenvalue weighted by molar-refractivity contribution is 7.05. The molecule has 0 spiro atoms. The minimum atomic E-state index is 0.846. The zero-order chi connectivity index (χ0) is 10.5. The first kappa shape index (κ1) is 10.3. The van der Waals surface area contributed by atoms with Gasteiger partial charge in [0.1, 0.15) is 5.69 Å². The zero-order valence-corrected chi connectivity index (χ0v) is 9.42. The van der Waals surface area contributed by atoms with E-state index in [0.717, 1.165) is 24.3 Å². The van der Waals surface area contributed by atoms with Crippen LogP contribution in [-0.2, 0) is 6.54 Å². The molecule has 0 saturated heterocycles. The van der Waals surface area contributed by atoms with Gasteiger partial charge in [-0.05, 0) is 18.1 Å². The van der Waals surface area contributed by atoms with Crippen LogP contribution in [0, 0.1) is 0 Å². The molecule has 1 aromatic heterocycles. The van der Waals surface area contributed by atoms with Crippen LogP contribution < -0.4 is 5.32 Å². The molecule has 15 heavy (non-hydrogen) atoms. The zero-order valence-electron chi connectivity index (χ0n) is 8.60. The third-order valence-electron chi connectivity index (χ3n) is 2.14. The average Bonchev–Trinajstić information content (AvgIpc) is 2.75. The summed E-state index contributed by atoms with van der Waals surface area (Å²) in [6.07, 6.45) is 0. The summed E-state index contributed by atoms with van der Waals surface area (Å²) in [5.41, 5.74) is 2.14. The number of hydrogen-bond donors (Lipinski definition) is 1. The standard InChI is InChI=1S/C11H13N3S/c1-2-12-8-10-11(13-14-15-10)9-6-4-3-5-7-9/h3-7,12H,2,8H2,1H3. The van der Waals surface area contributed by atoms with E-state index in [2.05, 4.69) is 34.0 Å². The molecule has 0 amide bonds. The Bertz CT molecular complexity index is 411. The molecule has 0 aliphatic heterocycles. The van der Waals surface area contributed by atoms with E-state index in [1.807, 2.05) is 18.2 Å². The van der Waals surface area contributed by atoms with E-state index in [1.54, 1.807) is 0 Å². The van der Waals surface area contributed by atoms with Gasteiger partial charge in [-0.2, -0.15) is 0 Å². The van der Waals surface area contributed by atoms with Crippen LogP contribution in [-0.4, -0.2) is 16.1 Å². The van der Waals surface area contributed by atoms with E-state index < -0.39 is 0 Å². The highest BCUT2D eigenvalue weighted by Crippen LogP contribution is 2.23. The first-order valence-electron chi connectivity index (χ1n) is 4.99. The maximum atomic E-state index is 4.17. The number of rotatable bonds is 4. The second-order valence-electron chi connectivity index (χ2n) is 3.19. The lowest BCUT2D eigenvalue weighted by Gasteiger charge is -2.01. The Morgan fingerprint density at radius 2 is 2.07 bits per heavy atom. The molecule has 2 rings (SSSR count). The molecule has 0 fully saturated rings. The molecule has 2 aromatic rings. The van der Waals surface area contributed by atoms with Gasteiger partial charge in [-0.1, -0.05) is 41.7 Å². The van der Waals surface area contributed by atoms with Crippen LogP contribution in [0.5, 0.6) is 0 Å². The normalized spacial score (nSPS) is 10.5. The number of nitrogens with zero attached hydrogens (tertiary/aromatic N) is 2. The first-order chi connectivity index (χ1) is 7.42. The van der Waals surface area contributed by atoms with Gasteiger partial charge in [-0.15, -0.1) is 5.10 Å². The van der Waals surface area contributed by atoms with Gasteiger partial charge in [0.15, 0.2) is 0 Å². The van der Waals surface area contributed by atoms with Crippen LogP contribution >= 0.6 is 11.5 Å². The molecular weight excluding hydrogens is 206 g/mol. The van der Waals surface area contributed by atoms with Gasteiger partial charge in [-0.3, -0.25) is 0 Å². The Balaban J connectivity index is 2.25. The van der Waals surface area contributed by atoms with Crippen molar-refractivity contribution in [2.75, 3.05) is 6.54 Å². The summed E-state index contributed by atoms with van der Waals surface area (Å²) >= 11 is 1.46. The van der Waals surface area contributed by atoms with Gasteiger partial charge in [0.05, 0.1) is 4.88 Å². The van der Waals surface area contributed by atoms with Crippen LogP contribution in [0.25, 0.3) is 11.3 Å². The van der Waals surface area contributed by atoms with Crippen molar-refractivity contribution < 1.29 is 0 Å². The average molecular weight is 219 g/mol. The molecule has 3 nitrogen and oxygen atoms in total. The van der Waals surface area contributed by atoms with E-state index in [0.29, 0.717) is 0 Å². The monoisotopic (exact) mass is 219 g/mol. The molecule has 78 valence electrons. The number of nitrogens with one attached hydrogen (secondary N) is 1. The molecular formula is C11H13N3S. The maximum absolute atomic E-state index is 4.17. The SMILES string of the molecule is CCNCc1snnc1-c1ccccc1. The molecule has 0 saturated carbocycles. The summed E-state index contributed by atoms with van der Waals surface area (Å²) < 4.78 is 4.00. The quantitative estimate of drug-likeness (QED) is 0.857. The van der Waals surface area contributed by atoms with E-state index >= 15 is 0 Å². The topological polar surface area (TPSA) is 37.8 Å². The number of benzene rings is 1. The van der Waals surface area contributed by atoms with Crippen LogP contribution in [0.15, 0.2) is 30.3 Å². The second-order valence-corrected chi connectivity index (χ2v) is 4.03. The predicted octanol–water partition coefficient (Wildman–Crippen LogP) is 2.31. The Kier molecular flexibility index (Phi) is 3.42. The van der Waals surface area contributed by atoms with Crippen LogP contribution in [0.1, 0.15) is 11.8 Å². The molecule has 1 aromatic carbocycles. The highest BCUT2D eigenvalue weighted by Gasteiger charge is 2.08. The lowest BCUT2D eigenvalue weighted by Crippen LogP contribution is -2.11. The fraction of sp³-hybridized carbons (Fsp3) is 0.273. The molecule has 0 aliphatic rings. The van der Waals surface area contributed by atoms with E-state index in [-0.39, 0.29) is 0 Å². The molecule has 0 atom stereocenters. The smallest absolute Gasteiger partial charge is 0.110 e. The van der Waals surface area contributed by atoms with Gasteiger partial charge in [0.2, 0.25) is 0 Å². The highest BCUT2D eigenvalue weighted by atomic mass is 32.1. The number of hydrogen-bond acceptors (Lipinski definition) is 4. The Morgan fingerprint density at radius 1 is 1.27 bits per heavy atom. The van der Waals surface area contributed by atoms with E-state index in [9.17, 15) is 0 Å². The van der Waals surface area contributed by atoms with Crippen molar-refractivity contribution in [1.82, 2.24) is 14.9 Å². The van der Waals surface area contributed by atoms with Gasteiger partial charge in [0.25, 0.3) is 0 Å². The summed E-state index contributed by atoms with van der Waals surface area (Å²) in [6.45, 7) is 3.90. The van der Waals surface area contributed by atoms with Crippen molar-refractivity contribution in [3.8, 4) is 11.3 Å². The van der Waals surface area contributed by atoms with Crippen LogP contribution in [0.4, 0.5) is 0 Å². The molecule has 0 radical (unpaired) electrons. The van der Waals surface area contributed by atoms with Gasteiger partial charge in [-0.25, -0.2) is 0 Å². The Morgan fingerprint density at radius 3 is 2.80 bits per heavy atom. The Labute approximate surface area is 93.3 Å². The van der Waals surface area contributed by atoms with Crippen molar-refractivity contribution in [3.63, 3.8) is 0 Å². The minimum absolute atomic E-state index is 0.846. The lowest BCUT2D eigenvalue weighted by atomic mass is 10.1. The molecule has 1 N–H and O–H groups in total. The summed E-state index contributed by atoms with van der Waals surface area (Å²) in [5, 5.41) is 7.46. The number of aromatic nitrogens is 2. The third-order valence-corrected chi connectivity index (χ3v) is 2.86. The summed E-state index contributed by atoms with van der Waals surface area (Å²) in [6, 6.07) is 10.2. The largest absolute Gasteiger partial charge is 0.312 e. The van der Waals surface area contributed by atoms with Crippen molar-refractivity contribution >= 4 is 11.5 Å². The fourth-order valence-electron chi connectivity index (χ4n) is 1.38. The fourth-order valence-corrected chi connectivity index (χ4v) is 2.01. The molecule has 0 unspecified atom stereocenters. The molecule has 0 bridgehead atoms. The lowest BCUT2D eigenvalue weighted by molar-refractivity contribution is 0.735. The van der Waals surface area contributed by atoms with Crippen LogP contribution in [0.2, 0.25) is 0 Å². The maximum Gasteiger partial charge on any atom is 0.110 e. The van der Waals surface area contributed by atoms with Crippen molar-refractivity contribution in [2.24, 2.45) is 0 Å². The summed E-state index contributed by atoms with van der Waals surface area (Å²) in [7, 11) is 0. The molecule has 1 heterocycles. The second kappa shape index (κ2) is 5.00. The van der Waals surface area contributed by atoms with Crippen molar-refractivity contribution in [1.29, 1.82) is 0 Å². The molecule has 4 heteroatoms. The summed E-state index contributed by atoms with van der Waals surface area (Å²) in [5.74, 6) is 0. The van der Waals surface area contributed by atoms with Gasteiger partial charge < -0.3 is 5.32 Å². The van der Waals surface area contributed by atoms with E-state index in [1.165, 1.54) is 16.4 Å². The van der Waals surface area contributed by atoms with Crippen molar-refractivity contribution in [2.45, 2.75) is 13.5 Å².